The van der Waals surface area contributed by atoms with Crippen LogP contribution in [-0.2, 0) is 104 Å². The molecule has 0 heterocycles. The third kappa shape index (κ3) is 25.1. The van der Waals surface area contributed by atoms with Crippen molar-refractivity contribution in [3.8, 4) is 11.5 Å². The van der Waals surface area contributed by atoms with E-state index >= 15 is 0 Å². The fourth-order valence-electron chi connectivity index (χ4n) is 4.25. The van der Waals surface area contributed by atoms with Crippen LogP contribution in [0.25, 0.3) is 0 Å². The minimum absolute atomic E-state index is 0. The number of hydrogen-bond acceptors (Lipinski definition) is 10. The Balaban J connectivity index is 0.000000985. The van der Waals surface area contributed by atoms with Crippen molar-refractivity contribution < 1.29 is 58.2 Å². The van der Waals surface area contributed by atoms with E-state index in [2.05, 4.69) is 22.4 Å². The Labute approximate surface area is 412 Å². The lowest BCUT2D eigenvalue weighted by Crippen LogP contribution is -2.40. The fourth-order valence-corrected chi connectivity index (χ4v) is 18.2. The number of benzene rings is 4. The van der Waals surface area contributed by atoms with Gasteiger partial charge in [0, 0.05) is 117 Å². The summed E-state index contributed by atoms with van der Waals surface area (Å²) < 4.78 is 68.8. The molecule has 0 aliphatic rings. The van der Waals surface area contributed by atoms with Crippen molar-refractivity contribution in [2.75, 3.05) is 0 Å². The minimum atomic E-state index is -6.00. The molecule has 0 aliphatic carbocycles. The summed E-state index contributed by atoms with van der Waals surface area (Å²) in [5.74, 6) is -0.611. The molecule has 0 atom stereocenters. The molecule has 350 valence electrons. The van der Waals surface area contributed by atoms with Crippen LogP contribution < -0.4 is 9.47 Å². The first-order chi connectivity index (χ1) is 30.2. The second-order valence-electron chi connectivity index (χ2n) is 13.7. The predicted octanol–water partition coefficient (Wildman–Crippen LogP) is 10.8. The quantitative estimate of drug-likeness (QED) is 0.0589. The van der Waals surface area contributed by atoms with E-state index in [1.807, 2.05) is 0 Å². The maximum Gasteiger partial charge on any atom is 1.00 e. The van der Waals surface area contributed by atoms with E-state index in [4.69, 9.17) is 43.5 Å². The monoisotopic (exact) mass is 1100 g/mol. The van der Waals surface area contributed by atoms with Crippen LogP contribution in [0.15, 0.2) is 97.0 Å². The Hall–Kier alpha value is -2.90. The molecule has 0 bridgehead atoms. The second-order valence-corrected chi connectivity index (χ2v) is 27.0. The van der Waals surface area contributed by atoms with E-state index in [9.17, 15) is 36.4 Å². The maximum atomic E-state index is 12.5. The van der Waals surface area contributed by atoms with Gasteiger partial charge in [0.1, 0.15) is 11.5 Å². The van der Waals surface area contributed by atoms with Gasteiger partial charge >= 0.3 is 20.6 Å². The maximum absolute atomic E-state index is 12.5. The van der Waals surface area contributed by atoms with Crippen LogP contribution in [0.1, 0.15) is 90.0 Å². The molecule has 0 fully saturated rings. The molecular formula is C40H43BCl2F4O8S9. The van der Waals surface area contributed by atoms with Crippen molar-refractivity contribution in [3.05, 3.63) is 129 Å². The van der Waals surface area contributed by atoms with E-state index in [1.165, 1.54) is 29.9 Å². The molecule has 0 unspecified atom stereocenters. The number of carbonyl (C=O) groups excluding carboxylic acids is 4. The molecule has 0 amide bonds. The summed E-state index contributed by atoms with van der Waals surface area (Å²) in [6.07, 6.45) is -0.477. The molecule has 4 aromatic carbocycles. The van der Waals surface area contributed by atoms with Crippen molar-refractivity contribution in [2.45, 2.75) is 78.8 Å². The van der Waals surface area contributed by atoms with Crippen LogP contribution in [0.3, 0.4) is 0 Å². The number of ketones is 2. The SMILES string of the molecule is CC(C)OC(=O)C(C)(C)Oc1ccc(C(=O)c2ccc(Cl)cc2)cc1.F[B-](F)(F)F.S=S=S=S=S=S=S=S=S.[3H+].[3H]c1cc(C(=O)c2ccc(Cl)cc2)ccc1OC(C)(C)C(=O)OC(C)C. The summed E-state index contributed by atoms with van der Waals surface area (Å²) in [7, 11) is 4.90. The van der Waals surface area contributed by atoms with Gasteiger partial charge in [-0.3, -0.25) is 9.59 Å². The first-order valence-corrected chi connectivity index (χ1v) is 29.5. The van der Waals surface area contributed by atoms with Gasteiger partial charge in [-0.25, -0.2) is 9.59 Å². The Bertz CT molecular complexity index is 2530. The van der Waals surface area contributed by atoms with Gasteiger partial charge in [-0.05, 0) is 152 Å². The standard InChI is InChI=1S/2C20H21ClO4.BF4.S9/c2*1-13(2)24-19(23)20(3,4)25-17-11-7-15(8-12-17)18(22)14-5-9-16(21)10-6-14;2-1(3,4)5;1-3-5-7-9-8-6-4-2/h2*5-13H,1-4H3;;/q;;-1;/p+1/i11T;;;/hT. The highest BCUT2D eigenvalue weighted by Gasteiger charge is 2.33. The number of ether oxygens (including phenoxy) is 4. The Morgan fingerprint density at radius 3 is 1.16 bits per heavy atom. The van der Waals surface area contributed by atoms with Crippen molar-refractivity contribution in [1.29, 1.82) is 0 Å². The molecule has 0 aromatic heterocycles. The van der Waals surface area contributed by atoms with Crippen LogP contribution in [-0.4, -0.2) is 54.2 Å². The van der Waals surface area contributed by atoms with Gasteiger partial charge in [-0.1, -0.05) is 23.2 Å². The fraction of sp³-hybridized carbons (Fsp3) is 0.300. The summed E-state index contributed by atoms with van der Waals surface area (Å²) in [5, 5.41) is 1.12. The zero-order valence-corrected chi connectivity index (χ0v) is 44.0. The van der Waals surface area contributed by atoms with Crippen molar-refractivity contribution in [2.24, 2.45) is 0 Å². The molecule has 0 N–H and O–H groups in total. The zero-order chi connectivity index (χ0) is 49.5. The lowest BCUT2D eigenvalue weighted by atomic mass is 10.0. The smallest absolute Gasteiger partial charge is 0.476 e. The molecule has 64 heavy (non-hydrogen) atoms. The molecule has 0 radical (unpaired) electrons. The number of halogens is 6. The van der Waals surface area contributed by atoms with Crippen LogP contribution in [0, 0.1) is 0 Å². The number of hydrogen-bond donors (Lipinski definition) is 0. The number of rotatable bonds is 12. The summed E-state index contributed by atoms with van der Waals surface area (Å²) in [5.41, 5.74) is -0.458. The predicted molar refractivity (Wildman–Crippen MR) is 272 cm³/mol. The van der Waals surface area contributed by atoms with Crippen molar-refractivity contribution in [1.82, 2.24) is 0 Å². The molecule has 0 aliphatic heterocycles. The van der Waals surface area contributed by atoms with Gasteiger partial charge in [0.2, 0.25) is 0 Å². The van der Waals surface area contributed by atoms with Crippen LogP contribution in [0.4, 0.5) is 17.3 Å². The first-order valence-electron chi connectivity index (χ1n) is 18.6. The lowest BCUT2D eigenvalue weighted by Gasteiger charge is -2.25. The molecule has 24 heteroatoms. The Kier molecular flexibility index (Phi) is 26.5. The summed E-state index contributed by atoms with van der Waals surface area (Å²) in [6.45, 7) is 13.5. The van der Waals surface area contributed by atoms with Gasteiger partial charge < -0.3 is 36.2 Å². The third-order valence-electron chi connectivity index (χ3n) is 6.95. The molecule has 4 rings (SSSR count). The third-order valence-corrected chi connectivity index (χ3v) is 20.8. The normalized spacial score (nSPS) is 10.9. The zero-order valence-electron chi connectivity index (χ0n) is 37.1. The topological polar surface area (TPSA) is 105 Å². The van der Waals surface area contributed by atoms with E-state index in [-0.39, 0.29) is 37.0 Å². The van der Waals surface area contributed by atoms with E-state index in [0.717, 1.165) is 0 Å². The van der Waals surface area contributed by atoms with Crippen LogP contribution in [0.2, 0.25) is 10.0 Å². The lowest BCUT2D eigenvalue weighted by molar-refractivity contribution is -0.163. The molecule has 0 saturated carbocycles. The Morgan fingerprint density at radius 2 is 0.844 bits per heavy atom. The van der Waals surface area contributed by atoms with Gasteiger partial charge in [0.15, 0.2) is 22.8 Å². The number of esters is 2. The first kappa shape index (κ1) is 57.2. The highest BCUT2D eigenvalue weighted by Crippen LogP contribution is 2.24. The minimum Gasteiger partial charge on any atom is -0.476 e. The Morgan fingerprint density at radius 1 is 0.562 bits per heavy atom. The van der Waals surface area contributed by atoms with Crippen molar-refractivity contribution in [3.63, 3.8) is 0 Å². The molecule has 0 spiro atoms. The summed E-state index contributed by atoms with van der Waals surface area (Å²) in [6, 6.07) is 24.4. The highest BCUT2D eigenvalue weighted by molar-refractivity contribution is 8.72. The van der Waals surface area contributed by atoms with Gasteiger partial charge in [0.25, 0.3) is 0 Å². The number of carbonyl (C=O) groups is 4. The average Bonchev–Trinajstić information content (AvgIpc) is 3.21. The molecule has 8 nitrogen and oxygen atoms in total. The molecule has 0 saturated heterocycles. The van der Waals surface area contributed by atoms with Crippen LogP contribution >= 0.6 is 23.2 Å². The summed E-state index contributed by atoms with van der Waals surface area (Å²) >= 11 is 20.9. The van der Waals surface area contributed by atoms with Gasteiger partial charge in [-0.15, -0.1) is 0 Å². The van der Waals surface area contributed by atoms with E-state index in [0.29, 0.717) is 38.0 Å². The van der Waals surface area contributed by atoms with E-state index in [1.54, 1.807) is 179 Å². The molecule has 4 aromatic rings. The largest absolute Gasteiger partial charge is 1.00 e. The van der Waals surface area contributed by atoms with Gasteiger partial charge in [-0.2, -0.15) is 0 Å². The van der Waals surface area contributed by atoms with Gasteiger partial charge in [0.05, 0.1) is 13.6 Å². The van der Waals surface area contributed by atoms with Crippen molar-refractivity contribution >= 4 is 139 Å². The molecular weight excluding hydrogens is 1050 g/mol. The van der Waals surface area contributed by atoms with E-state index < -0.39 is 30.4 Å². The van der Waals surface area contributed by atoms with Crippen LogP contribution in [0.5, 0.6) is 11.5 Å². The highest BCUT2D eigenvalue weighted by atomic mass is 35.5. The summed E-state index contributed by atoms with van der Waals surface area (Å²) in [4.78, 5) is 49.1. The second kappa shape index (κ2) is 29.7. The average molecular weight is 1100 g/mol.